The molecule has 0 aliphatic rings. The van der Waals surface area contributed by atoms with Crippen LogP contribution in [0.5, 0.6) is 0 Å². The maximum atomic E-state index is 3.10. The van der Waals surface area contributed by atoms with Gasteiger partial charge in [0.05, 0.1) is 0 Å². The van der Waals surface area contributed by atoms with Crippen molar-refractivity contribution in [3.8, 4) is 0 Å². The van der Waals surface area contributed by atoms with Gasteiger partial charge in [-0.05, 0) is 0 Å². The summed E-state index contributed by atoms with van der Waals surface area (Å²) in [7, 11) is 0. The number of rotatable bonds is 0. The van der Waals surface area contributed by atoms with Crippen molar-refractivity contribution in [1.82, 2.24) is 0 Å². The zero-order valence-electron chi connectivity index (χ0n) is 1.71. The molecule has 0 atom stereocenters. The van der Waals surface area contributed by atoms with Gasteiger partial charge in [-0.1, -0.05) is 47.8 Å². The third kappa shape index (κ3) is 23.4. The van der Waals surface area contributed by atoms with E-state index in [1.165, 1.54) is 0 Å². The summed E-state index contributed by atoms with van der Waals surface area (Å²) in [5.41, 5.74) is 0. The van der Waals surface area contributed by atoms with Gasteiger partial charge in [0.2, 0.25) is 0 Å². The van der Waals surface area contributed by atoms with Crippen LogP contribution in [0.4, 0.5) is 0 Å². The summed E-state index contributed by atoms with van der Waals surface area (Å²) in [4.78, 5) is 0. The predicted molar refractivity (Wildman–Crippen MR) is 40.5 cm³/mol. The van der Waals surface area contributed by atoms with E-state index in [2.05, 4.69) is 47.8 Å². The topological polar surface area (TPSA) is 0 Å². The molecule has 0 N–H and O–H groups in total. The molecule has 5 heavy (non-hydrogen) atoms. The van der Waals surface area contributed by atoms with Crippen molar-refractivity contribution in [2.24, 2.45) is 0 Å². The van der Waals surface area contributed by atoms with E-state index in [4.69, 9.17) is 0 Å². The van der Waals surface area contributed by atoms with Crippen LogP contribution in [0, 0.1) is 0 Å². The Hall–Kier alpha value is 2.08. The van der Waals surface area contributed by atoms with Crippen LogP contribution in [-0.4, -0.2) is 22.4 Å². The molecular formula is CH4Br3Ga. The number of hydrogen-bond acceptors (Lipinski definition) is 0. The van der Waals surface area contributed by atoms with E-state index in [1.54, 1.807) is 0 Å². The summed E-state index contributed by atoms with van der Waals surface area (Å²) in [6.07, 6.45) is 0. The third-order valence-electron chi connectivity index (χ3n) is 0. The summed E-state index contributed by atoms with van der Waals surface area (Å²) < 4.78 is 0.271. The monoisotopic (exact) mass is 322 g/mol. The normalized spacial score (nSPS) is 7.20. The van der Waals surface area contributed by atoms with Crippen molar-refractivity contribution in [2.75, 3.05) is 0 Å². The fraction of sp³-hybridized carbons (Fsp3) is 1.00. The Bertz CT molecular complexity index is 11.6. The molecule has 0 aromatic heterocycles. The molecule has 0 spiro atoms. The van der Waals surface area contributed by atoms with Crippen LogP contribution >= 0.6 is 47.8 Å². The first-order valence-corrected chi connectivity index (χ1v) is 3.40. The molecule has 0 aliphatic heterocycles. The molecule has 0 amide bonds. The Kier molecular flexibility index (Phi) is 12.3. The van der Waals surface area contributed by atoms with Crippen molar-refractivity contribution in [2.45, 2.75) is 2.65 Å². The molecule has 0 bridgehead atoms. The summed E-state index contributed by atoms with van der Waals surface area (Å²) >= 11 is 9.31. The fourth-order valence-electron chi connectivity index (χ4n) is 0. The second-order valence-electron chi connectivity index (χ2n) is 0.247. The Morgan fingerprint density at radius 3 is 1.00 bits per heavy atom. The van der Waals surface area contributed by atoms with Gasteiger partial charge < -0.3 is 0 Å². The fourth-order valence-corrected chi connectivity index (χ4v) is 0. The summed E-state index contributed by atoms with van der Waals surface area (Å²) in [5, 5.41) is 0. The van der Waals surface area contributed by atoms with Crippen molar-refractivity contribution < 1.29 is 0 Å². The summed E-state index contributed by atoms with van der Waals surface area (Å²) in [6, 6.07) is 0. The number of halogens is 3. The molecule has 0 unspecified atom stereocenters. The van der Waals surface area contributed by atoms with Crippen molar-refractivity contribution >= 4 is 67.6 Å². The van der Waals surface area contributed by atoms with Crippen LogP contribution in [0.3, 0.4) is 0 Å². The second kappa shape index (κ2) is 6.08. The Morgan fingerprint density at radius 2 is 1.00 bits per heavy atom. The standard InChI is InChI=1S/CHBr3.Ga.3H/c2-1(3)4;;;;/h1H;;;;. The van der Waals surface area contributed by atoms with E-state index in [-0.39, 0.29) is 22.4 Å². The molecule has 0 saturated heterocycles. The van der Waals surface area contributed by atoms with Crippen LogP contribution in [0.1, 0.15) is 0 Å². The molecule has 4 heteroatoms. The van der Waals surface area contributed by atoms with Gasteiger partial charge >= 0.3 is 19.8 Å². The summed E-state index contributed by atoms with van der Waals surface area (Å²) in [5.74, 6) is 0. The van der Waals surface area contributed by atoms with Crippen molar-refractivity contribution in [3.05, 3.63) is 0 Å². The van der Waals surface area contributed by atoms with Gasteiger partial charge in [0.1, 0.15) is 2.65 Å². The Balaban J connectivity index is 0. The first-order chi connectivity index (χ1) is 1.73. The Labute approximate surface area is 69.5 Å². The molecular weight excluding hydrogens is 321 g/mol. The van der Waals surface area contributed by atoms with Crippen LogP contribution in [-0.2, 0) is 0 Å². The molecule has 0 heterocycles. The van der Waals surface area contributed by atoms with Gasteiger partial charge in [0.15, 0.2) is 0 Å². The van der Waals surface area contributed by atoms with E-state index < -0.39 is 0 Å². The summed E-state index contributed by atoms with van der Waals surface area (Å²) in [6.45, 7) is 0. The van der Waals surface area contributed by atoms with E-state index in [1.807, 2.05) is 0 Å². The molecule has 0 aromatic rings. The van der Waals surface area contributed by atoms with Crippen LogP contribution in [0.25, 0.3) is 0 Å². The molecule has 0 fully saturated rings. The average molecular weight is 325 g/mol. The molecule has 0 saturated carbocycles. The van der Waals surface area contributed by atoms with E-state index in [0.717, 1.165) is 0 Å². The van der Waals surface area contributed by atoms with Crippen molar-refractivity contribution in [3.63, 3.8) is 0 Å². The van der Waals surface area contributed by atoms with Crippen LogP contribution in [0.2, 0.25) is 0 Å². The van der Waals surface area contributed by atoms with Gasteiger partial charge in [-0.25, -0.2) is 0 Å². The number of hydrogen-bond donors (Lipinski definition) is 0. The SMILES string of the molecule is BrC(Br)Br.[GaH3]. The van der Waals surface area contributed by atoms with E-state index >= 15 is 0 Å². The van der Waals surface area contributed by atoms with E-state index in [9.17, 15) is 0 Å². The average Bonchev–Trinajstić information content (AvgIpc) is 0.811. The third-order valence-corrected chi connectivity index (χ3v) is 0. The zero-order chi connectivity index (χ0) is 3.58. The van der Waals surface area contributed by atoms with Gasteiger partial charge in [0.25, 0.3) is 0 Å². The van der Waals surface area contributed by atoms with Crippen molar-refractivity contribution in [1.29, 1.82) is 0 Å². The molecule has 32 valence electrons. The van der Waals surface area contributed by atoms with E-state index in [0.29, 0.717) is 0 Å². The van der Waals surface area contributed by atoms with Crippen LogP contribution in [0.15, 0.2) is 0 Å². The van der Waals surface area contributed by atoms with Gasteiger partial charge in [-0.15, -0.1) is 0 Å². The van der Waals surface area contributed by atoms with Crippen LogP contribution < -0.4 is 0 Å². The Morgan fingerprint density at radius 1 is 1.00 bits per heavy atom. The molecule has 0 nitrogen and oxygen atoms in total. The molecule has 0 aromatic carbocycles. The second-order valence-corrected chi connectivity index (χ2v) is 6.68. The molecule has 0 radical (unpaired) electrons. The quantitative estimate of drug-likeness (QED) is 0.465. The van der Waals surface area contributed by atoms with Gasteiger partial charge in [0, 0.05) is 0 Å². The minimum absolute atomic E-state index is 0. The molecule has 0 aliphatic carbocycles. The zero-order valence-corrected chi connectivity index (χ0v) is 6.47. The first-order valence-electron chi connectivity index (χ1n) is 0.655. The predicted octanol–water partition coefficient (Wildman–Crippen LogP) is 1.27. The first kappa shape index (κ1) is 10.1. The maximum absolute atomic E-state index is 3.10. The minimum atomic E-state index is 0. The number of alkyl halides is 3. The van der Waals surface area contributed by atoms with Gasteiger partial charge in [-0.3, -0.25) is 0 Å². The molecule has 0 rings (SSSR count). The van der Waals surface area contributed by atoms with Gasteiger partial charge in [-0.2, -0.15) is 0 Å².